The van der Waals surface area contributed by atoms with Crippen molar-refractivity contribution in [2.24, 2.45) is 5.92 Å². The van der Waals surface area contributed by atoms with Crippen LogP contribution in [0.5, 0.6) is 5.75 Å². The monoisotopic (exact) mass is 291 g/mol. The van der Waals surface area contributed by atoms with Crippen molar-refractivity contribution in [1.29, 1.82) is 0 Å². The summed E-state index contributed by atoms with van der Waals surface area (Å²) in [5, 5.41) is 24.5. The first kappa shape index (κ1) is 14.3. The average molecular weight is 291 g/mol. The maximum atomic E-state index is 11.0. The van der Waals surface area contributed by atoms with E-state index in [9.17, 15) is 15.2 Å². The minimum Gasteiger partial charge on any atom is -0.508 e. The van der Waals surface area contributed by atoms with Crippen molar-refractivity contribution in [2.45, 2.75) is 25.3 Å². The van der Waals surface area contributed by atoms with Gasteiger partial charge in [0.25, 0.3) is 5.69 Å². The Labute approximate surface area is 123 Å². The molecule has 0 radical (unpaired) electrons. The number of phenolic OH excluding ortho intramolecular Hbond substituents is 1. The summed E-state index contributed by atoms with van der Waals surface area (Å²) in [7, 11) is 0. The number of hydrogen-bond acceptors (Lipinski definition) is 5. The second kappa shape index (κ2) is 5.99. The number of rotatable bonds is 5. The Bertz CT molecular complexity index is 525. The summed E-state index contributed by atoms with van der Waals surface area (Å²) in [6.45, 7) is 3.69. The van der Waals surface area contributed by atoms with E-state index >= 15 is 0 Å². The third kappa shape index (κ3) is 3.33. The lowest BCUT2D eigenvalue weighted by Crippen LogP contribution is -2.45. The third-order valence-electron chi connectivity index (χ3n) is 4.43. The van der Waals surface area contributed by atoms with Crippen LogP contribution in [0, 0.1) is 16.0 Å². The molecule has 0 aromatic heterocycles. The molecule has 1 aliphatic heterocycles. The van der Waals surface area contributed by atoms with Crippen LogP contribution >= 0.6 is 0 Å². The average Bonchev–Trinajstić information content (AvgIpc) is 3.30. The number of piperazine rings is 1. The Balaban J connectivity index is 1.90. The molecule has 2 aliphatic rings. The molecule has 114 valence electrons. The predicted molar refractivity (Wildman–Crippen MR) is 79.3 cm³/mol. The zero-order valence-corrected chi connectivity index (χ0v) is 12.0. The van der Waals surface area contributed by atoms with Gasteiger partial charge in [0.1, 0.15) is 5.75 Å². The number of nitrogens with one attached hydrogen (secondary N) is 1. The highest BCUT2D eigenvalue weighted by Gasteiger charge is 2.32. The smallest absolute Gasteiger partial charge is 0.270 e. The molecule has 6 heteroatoms. The van der Waals surface area contributed by atoms with Crippen LogP contribution < -0.4 is 5.32 Å². The quantitative estimate of drug-likeness (QED) is 0.641. The molecule has 0 spiro atoms. The molecule has 1 saturated carbocycles. The highest BCUT2D eigenvalue weighted by Crippen LogP contribution is 2.42. The molecule has 0 unspecified atom stereocenters. The fraction of sp³-hybridized carbons (Fsp3) is 0.600. The molecule has 2 N–H and O–H groups in total. The SMILES string of the molecule is O=[N+]([O-])c1ccc(O)c([C@@H](CC2CC2)N2CCNCC2)c1. The van der Waals surface area contributed by atoms with Crippen LogP contribution in [0.1, 0.15) is 30.9 Å². The Morgan fingerprint density at radius 2 is 2.10 bits per heavy atom. The topological polar surface area (TPSA) is 78.6 Å². The molecule has 0 bridgehead atoms. The van der Waals surface area contributed by atoms with Gasteiger partial charge < -0.3 is 10.4 Å². The van der Waals surface area contributed by atoms with Gasteiger partial charge in [0.2, 0.25) is 0 Å². The number of phenols is 1. The summed E-state index contributed by atoms with van der Waals surface area (Å²) in [6.07, 6.45) is 3.45. The van der Waals surface area contributed by atoms with Gasteiger partial charge in [-0.25, -0.2) is 0 Å². The van der Waals surface area contributed by atoms with E-state index in [1.165, 1.54) is 25.0 Å². The van der Waals surface area contributed by atoms with Gasteiger partial charge in [0.05, 0.1) is 4.92 Å². The Kier molecular flexibility index (Phi) is 4.07. The summed E-state index contributed by atoms with van der Waals surface area (Å²) in [5.41, 5.74) is 0.761. The molecule has 1 aromatic rings. The third-order valence-corrected chi connectivity index (χ3v) is 4.43. The van der Waals surface area contributed by atoms with Crippen molar-refractivity contribution in [3.8, 4) is 5.75 Å². The second-order valence-electron chi connectivity index (χ2n) is 5.98. The van der Waals surface area contributed by atoms with Gasteiger partial charge in [-0.05, 0) is 18.4 Å². The predicted octanol–water partition coefficient (Wildman–Crippen LogP) is 2.05. The lowest BCUT2D eigenvalue weighted by atomic mass is 9.97. The van der Waals surface area contributed by atoms with Crippen LogP contribution in [-0.4, -0.2) is 41.1 Å². The lowest BCUT2D eigenvalue weighted by Gasteiger charge is -2.35. The second-order valence-corrected chi connectivity index (χ2v) is 5.98. The molecule has 1 aromatic carbocycles. The van der Waals surface area contributed by atoms with Gasteiger partial charge in [-0.2, -0.15) is 0 Å². The van der Waals surface area contributed by atoms with Crippen molar-refractivity contribution < 1.29 is 10.0 Å². The number of nitrogens with zero attached hydrogens (tertiary/aromatic N) is 2. The first-order chi connectivity index (χ1) is 10.1. The zero-order valence-electron chi connectivity index (χ0n) is 12.0. The van der Waals surface area contributed by atoms with Crippen LogP contribution in [0.2, 0.25) is 0 Å². The first-order valence-electron chi connectivity index (χ1n) is 7.57. The maximum absolute atomic E-state index is 11.0. The van der Waals surface area contributed by atoms with E-state index in [0.717, 1.165) is 32.6 Å². The van der Waals surface area contributed by atoms with Crippen LogP contribution in [0.15, 0.2) is 18.2 Å². The van der Waals surface area contributed by atoms with Gasteiger partial charge in [0.15, 0.2) is 0 Å². The van der Waals surface area contributed by atoms with Crippen molar-refractivity contribution in [1.82, 2.24) is 10.2 Å². The molecule has 6 nitrogen and oxygen atoms in total. The molecule has 0 amide bonds. The molecule has 1 saturated heterocycles. The molecule has 1 atom stereocenters. The number of benzene rings is 1. The van der Waals surface area contributed by atoms with E-state index in [0.29, 0.717) is 11.5 Å². The van der Waals surface area contributed by atoms with Crippen LogP contribution in [0.4, 0.5) is 5.69 Å². The normalized spacial score (nSPS) is 21.1. The molecular formula is C15H21N3O3. The first-order valence-corrected chi connectivity index (χ1v) is 7.57. The number of aromatic hydroxyl groups is 1. The van der Waals surface area contributed by atoms with Gasteiger partial charge >= 0.3 is 0 Å². The minimum atomic E-state index is -0.394. The van der Waals surface area contributed by atoms with E-state index in [-0.39, 0.29) is 17.5 Å². The molecule has 3 rings (SSSR count). The standard InChI is InChI=1S/C15H21N3O3/c19-15-4-3-12(18(20)21)10-13(15)14(9-11-1-2-11)17-7-5-16-6-8-17/h3-4,10-11,14,16,19H,1-2,5-9H2/t14-/m1/s1. The van der Waals surface area contributed by atoms with Crippen LogP contribution in [-0.2, 0) is 0 Å². The summed E-state index contributed by atoms with van der Waals surface area (Å²) in [4.78, 5) is 12.9. The Hall–Kier alpha value is -1.66. The highest BCUT2D eigenvalue weighted by molar-refractivity contribution is 5.44. The highest BCUT2D eigenvalue weighted by atomic mass is 16.6. The Morgan fingerprint density at radius 1 is 1.38 bits per heavy atom. The van der Waals surface area contributed by atoms with E-state index in [1.54, 1.807) is 6.07 Å². The van der Waals surface area contributed by atoms with E-state index in [2.05, 4.69) is 10.2 Å². The summed E-state index contributed by atoms with van der Waals surface area (Å²) in [5.74, 6) is 0.869. The van der Waals surface area contributed by atoms with Gasteiger partial charge in [-0.1, -0.05) is 12.8 Å². The largest absolute Gasteiger partial charge is 0.508 e. The molecule has 1 aliphatic carbocycles. The van der Waals surface area contributed by atoms with Crippen molar-refractivity contribution in [3.05, 3.63) is 33.9 Å². The lowest BCUT2D eigenvalue weighted by molar-refractivity contribution is -0.385. The van der Waals surface area contributed by atoms with Crippen LogP contribution in [0.3, 0.4) is 0 Å². The van der Waals surface area contributed by atoms with Gasteiger partial charge in [-0.15, -0.1) is 0 Å². The molecule has 21 heavy (non-hydrogen) atoms. The maximum Gasteiger partial charge on any atom is 0.270 e. The number of non-ortho nitro benzene ring substituents is 1. The molecule has 1 heterocycles. The summed E-state index contributed by atoms with van der Waals surface area (Å²) >= 11 is 0. The van der Waals surface area contributed by atoms with Gasteiger partial charge in [0, 0.05) is 49.9 Å². The summed E-state index contributed by atoms with van der Waals surface area (Å²) < 4.78 is 0. The van der Waals surface area contributed by atoms with E-state index < -0.39 is 4.92 Å². The number of nitro benzene ring substituents is 1. The van der Waals surface area contributed by atoms with E-state index in [1.807, 2.05) is 0 Å². The van der Waals surface area contributed by atoms with Gasteiger partial charge in [-0.3, -0.25) is 15.0 Å². The van der Waals surface area contributed by atoms with E-state index in [4.69, 9.17) is 0 Å². The zero-order chi connectivity index (χ0) is 14.8. The fourth-order valence-electron chi connectivity index (χ4n) is 3.06. The minimum absolute atomic E-state index is 0.0544. The van der Waals surface area contributed by atoms with Crippen molar-refractivity contribution in [3.63, 3.8) is 0 Å². The Morgan fingerprint density at radius 3 is 2.71 bits per heavy atom. The molecule has 2 fully saturated rings. The molecular weight excluding hydrogens is 270 g/mol. The fourth-order valence-corrected chi connectivity index (χ4v) is 3.06. The summed E-state index contributed by atoms with van der Waals surface area (Å²) in [6, 6.07) is 4.45. The number of nitro groups is 1. The van der Waals surface area contributed by atoms with Crippen molar-refractivity contribution in [2.75, 3.05) is 26.2 Å². The number of hydrogen-bond donors (Lipinski definition) is 2. The van der Waals surface area contributed by atoms with Crippen molar-refractivity contribution >= 4 is 5.69 Å². The van der Waals surface area contributed by atoms with Crippen LogP contribution in [0.25, 0.3) is 0 Å².